The fourth-order valence-corrected chi connectivity index (χ4v) is 3.71. The normalized spacial score (nSPS) is 19.5. The second kappa shape index (κ2) is 8.46. The molecule has 0 aliphatic carbocycles. The van der Waals surface area contributed by atoms with Gasteiger partial charge in [0.15, 0.2) is 5.96 Å². The van der Waals surface area contributed by atoms with Gasteiger partial charge >= 0.3 is 0 Å². The maximum Gasteiger partial charge on any atom is 0.214 e. The van der Waals surface area contributed by atoms with E-state index >= 15 is 0 Å². The highest BCUT2D eigenvalue weighted by Gasteiger charge is 2.27. The van der Waals surface area contributed by atoms with Gasteiger partial charge in [-0.25, -0.2) is 12.7 Å². The molecule has 0 amide bonds. The fraction of sp³-hybridized carbons (Fsp3) is 0.923. The SMILES string of the molecule is CN=C(NCCCC(C)C)NCCN1CCCS1(=O)=O. The lowest BCUT2D eigenvalue weighted by Gasteiger charge is -2.16. The first-order chi connectivity index (χ1) is 9.45. The van der Waals surface area contributed by atoms with Crippen LogP contribution >= 0.6 is 0 Å². The maximum absolute atomic E-state index is 11.6. The van der Waals surface area contributed by atoms with Crippen molar-refractivity contribution < 1.29 is 8.42 Å². The maximum atomic E-state index is 11.6. The van der Waals surface area contributed by atoms with E-state index in [9.17, 15) is 8.42 Å². The first-order valence-corrected chi connectivity index (χ1v) is 8.99. The van der Waals surface area contributed by atoms with Gasteiger partial charge in [-0.05, 0) is 25.2 Å². The van der Waals surface area contributed by atoms with Crippen LogP contribution in [0.2, 0.25) is 0 Å². The van der Waals surface area contributed by atoms with Crippen molar-refractivity contribution in [2.45, 2.75) is 33.1 Å². The van der Waals surface area contributed by atoms with Gasteiger partial charge in [0.1, 0.15) is 0 Å². The zero-order valence-corrected chi connectivity index (χ0v) is 13.7. The number of hydrogen-bond acceptors (Lipinski definition) is 3. The second-order valence-electron chi connectivity index (χ2n) is 5.53. The van der Waals surface area contributed by atoms with Crippen molar-refractivity contribution in [3.05, 3.63) is 0 Å². The summed E-state index contributed by atoms with van der Waals surface area (Å²) >= 11 is 0. The van der Waals surface area contributed by atoms with Crippen molar-refractivity contribution >= 4 is 16.0 Å². The summed E-state index contributed by atoms with van der Waals surface area (Å²) in [4.78, 5) is 4.13. The molecule has 6 nitrogen and oxygen atoms in total. The summed E-state index contributed by atoms with van der Waals surface area (Å²) in [6.07, 6.45) is 3.04. The third-order valence-corrected chi connectivity index (χ3v) is 5.29. The molecule has 7 heteroatoms. The predicted octanol–water partition coefficient (Wildman–Crippen LogP) is 0.623. The van der Waals surface area contributed by atoms with E-state index in [2.05, 4.69) is 29.5 Å². The van der Waals surface area contributed by atoms with Crippen molar-refractivity contribution in [2.75, 3.05) is 39.0 Å². The fourth-order valence-electron chi connectivity index (χ4n) is 2.18. The number of rotatable bonds is 7. The Morgan fingerprint density at radius 1 is 1.30 bits per heavy atom. The summed E-state index contributed by atoms with van der Waals surface area (Å²) in [7, 11) is -1.26. The average molecular weight is 304 g/mol. The van der Waals surface area contributed by atoms with Gasteiger partial charge in [0.2, 0.25) is 10.0 Å². The Labute approximate surface area is 123 Å². The van der Waals surface area contributed by atoms with E-state index in [0.717, 1.165) is 25.3 Å². The van der Waals surface area contributed by atoms with Crippen molar-refractivity contribution in [1.29, 1.82) is 0 Å². The van der Waals surface area contributed by atoms with Gasteiger partial charge in [-0.15, -0.1) is 0 Å². The minimum Gasteiger partial charge on any atom is -0.356 e. The molecule has 1 aliphatic rings. The highest BCUT2D eigenvalue weighted by molar-refractivity contribution is 7.89. The summed E-state index contributed by atoms with van der Waals surface area (Å²) in [5.41, 5.74) is 0. The van der Waals surface area contributed by atoms with Gasteiger partial charge in [-0.3, -0.25) is 4.99 Å². The molecule has 2 N–H and O–H groups in total. The molecule has 0 spiro atoms. The smallest absolute Gasteiger partial charge is 0.214 e. The predicted molar refractivity (Wildman–Crippen MR) is 83.4 cm³/mol. The van der Waals surface area contributed by atoms with E-state index in [1.807, 2.05) is 0 Å². The molecule has 0 radical (unpaired) electrons. The minimum absolute atomic E-state index is 0.287. The lowest BCUT2D eigenvalue weighted by Crippen LogP contribution is -2.42. The molecule has 0 aromatic carbocycles. The van der Waals surface area contributed by atoms with Crippen LogP contribution in [0, 0.1) is 5.92 Å². The zero-order valence-electron chi connectivity index (χ0n) is 12.9. The number of aliphatic imine (C=N–C) groups is 1. The van der Waals surface area contributed by atoms with Crippen LogP contribution in [0.25, 0.3) is 0 Å². The average Bonchev–Trinajstić information content (AvgIpc) is 2.71. The topological polar surface area (TPSA) is 73.8 Å². The Bertz CT molecular complexity index is 407. The van der Waals surface area contributed by atoms with Crippen molar-refractivity contribution in [3.63, 3.8) is 0 Å². The van der Waals surface area contributed by atoms with Gasteiger partial charge < -0.3 is 10.6 Å². The second-order valence-corrected chi connectivity index (χ2v) is 7.62. The number of nitrogens with zero attached hydrogens (tertiary/aromatic N) is 2. The first kappa shape index (κ1) is 17.2. The van der Waals surface area contributed by atoms with Gasteiger partial charge in [-0.2, -0.15) is 0 Å². The van der Waals surface area contributed by atoms with E-state index < -0.39 is 10.0 Å². The van der Waals surface area contributed by atoms with Crippen LogP contribution in [-0.2, 0) is 10.0 Å². The lowest BCUT2D eigenvalue weighted by molar-refractivity contribution is 0.445. The first-order valence-electron chi connectivity index (χ1n) is 7.38. The van der Waals surface area contributed by atoms with Crippen molar-refractivity contribution in [1.82, 2.24) is 14.9 Å². The molecule has 118 valence electrons. The van der Waals surface area contributed by atoms with Gasteiger partial charge in [0, 0.05) is 33.2 Å². The Balaban J connectivity index is 2.19. The molecule has 1 fully saturated rings. The molecule has 0 unspecified atom stereocenters. The lowest BCUT2D eigenvalue weighted by atomic mass is 10.1. The highest BCUT2D eigenvalue weighted by atomic mass is 32.2. The van der Waals surface area contributed by atoms with E-state index in [1.54, 1.807) is 11.4 Å². The van der Waals surface area contributed by atoms with E-state index in [4.69, 9.17) is 0 Å². The Hall–Kier alpha value is -0.820. The van der Waals surface area contributed by atoms with Crippen LogP contribution in [0.3, 0.4) is 0 Å². The third-order valence-electron chi connectivity index (χ3n) is 3.33. The Kier molecular flexibility index (Phi) is 7.29. The number of sulfonamides is 1. The molecule has 20 heavy (non-hydrogen) atoms. The molecule has 1 heterocycles. The minimum atomic E-state index is -2.99. The van der Waals surface area contributed by atoms with Crippen LogP contribution in [0.5, 0.6) is 0 Å². The molecule has 1 saturated heterocycles. The largest absolute Gasteiger partial charge is 0.356 e. The van der Waals surface area contributed by atoms with Gasteiger partial charge in [0.05, 0.1) is 5.75 Å². The molecule has 0 bridgehead atoms. The van der Waals surface area contributed by atoms with Crippen molar-refractivity contribution in [3.8, 4) is 0 Å². The standard InChI is InChI=1S/C13H28N4O2S/c1-12(2)6-4-7-15-13(14-3)16-8-10-17-9-5-11-20(17,18)19/h12H,4-11H2,1-3H3,(H2,14,15,16). The summed E-state index contributed by atoms with van der Waals surface area (Å²) in [6.45, 7) is 7.05. The highest BCUT2D eigenvalue weighted by Crippen LogP contribution is 2.11. The number of guanidine groups is 1. The van der Waals surface area contributed by atoms with Crippen LogP contribution in [0.1, 0.15) is 33.1 Å². The summed E-state index contributed by atoms with van der Waals surface area (Å²) in [5, 5.41) is 6.40. The number of hydrogen-bond donors (Lipinski definition) is 2. The monoisotopic (exact) mass is 304 g/mol. The van der Waals surface area contributed by atoms with Gasteiger partial charge in [0.25, 0.3) is 0 Å². The number of nitrogens with one attached hydrogen (secondary N) is 2. The molecular weight excluding hydrogens is 276 g/mol. The van der Waals surface area contributed by atoms with Crippen LogP contribution in [0.15, 0.2) is 4.99 Å². The molecule has 1 rings (SSSR count). The molecule has 1 aliphatic heterocycles. The molecule has 0 aromatic heterocycles. The zero-order chi connectivity index (χ0) is 15.0. The molecular formula is C13H28N4O2S. The van der Waals surface area contributed by atoms with Crippen LogP contribution < -0.4 is 10.6 Å². The third kappa shape index (κ3) is 6.09. The molecule has 0 saturated carbocycles. The quantitative estimate of drug-likeness (QED) is 0.411. The Morgan fingerprint density at radius 3 is 2.55 bits per heavy atom. The summed E-state index contributed by atoms with van der Waals surface area (Å²) < 4.78 is 24.8. The molecule has 0 atom stereocenters. The Morgan fingerprint density at radius 2 is 2.00 bits per heavy atom. The van der Waals surface area contributed by atoms with Crippen LogP contribution in [0.4, 0.5) is 0 Å². The van der Waals surface area contributed by atoms with E-state index in [1.165, 1.54) is 6.42 Å². The van der Waals surface area contributed by atoms with Crippen molar-refractivity contribution in [2.24, 2.45) is 10.9 Å². The molecule has 0 aromatic rings. The van der Waals surface area contributed by atoms with Gasteiger partial charge in [-0.1, -0.05) is 13.8 Å². The summed E-state index contributed by atoms with van der Waals surface area (Å²) in [5.74, 6) is 1.74. The van der Waals surface area contributed by atoms with E-state index in [0.29, 0.717) is 25.6 Å². The van der Waals surface area contributed by atoms with Crippen LogP contribution in [-0.4, -0.2) is 57.7 Å². The van der Waals surface area contributed by atoms with E-state index in [-0.39, 0.29) is 5.75 Å². The summed E-state index contributed by atoms with van der Waals surface area (Å²) in [6, 6.07) is 0.